The Morgan fingerprint density at radius 1 is 1.15 bits per heavy atom. The van der Waals surface area contributed by atoms with Gasteiger partial charge in [-0.1, -0.05) is 36.4 Å². The van der Waals surface area contributed by atoms with E-state index in [-0.39, 0.29) is 0 Å². The van der Waals surface area contributed by atoms with Crippen LogP contribution < -0.4 is 10.1 Å². The highest BCUT2D eigenvalue weighted by Gasteiger charge is 2.07. The van der Waals surface area contributed by atoms with E-state index in [1.807, 2.05) is 6.07 Å². The van der Waals surface area contributed by atoms with Crippen LogP contribution >= 0.6 is 15.9 Å². The number of ether oxygens (including phenoxy) is 1. The SMILES string of the molecule is COc1ccc(C(C)NCCc2ccccc2)cc1Br. The largest absolute Gasteiger partial charge is 0.496 e. The summed E-state index contributed by atoms with van der Waals surface area (Å²) in [7, 11) is 1.68. The molecule has 0 bridgehead atoms. The van der Waals surface area contributed by atoms with Crippen LogP contribution in [-0.2, 0) is 6.42 Å². The summed E-state index contributed by atoms with van der Waals surface area (Å²) in [5.41, 5.74) is 2.62. The molecule has 1 N–H and O–H groups in total. The molecule has 1 unspecified atom stereocenters. The van der Waals surface area contributed by atoms with E-state index in [9.17, 15) is 0 Å². The monoisotopic (exact) mass is 333 g/mol. The van der Waals surface area contributed by atoms with E-state index in [4.69, 9.17) is 4.74 Å². The average molecular weight is 334 g/mol. The predicted octanol–water partition coefficient (Wildman–Crippen LogP) is 4.35. The van der Waals surface area contributed by atoms with E-state index in [0.717, 1.165) is 23.2 Å². The van der Waals surface area contributed by atoms with Crippen LogP contribution in [0.15, 0.2) is 53.0 Å². The van der Waals surface area contributed by atoms with Crippen molar-refractivity contribution < 1.29 is 4.74 Å². The molecule has 0 heterocycles. The molecular weight excluding hydrogens is 314 g/mol. The lowest BCUT2D eigenvalue weighted by molar-refractivity contribution is 0.411. The first-order chi connectivity index (χ1) is 9.70. The smallest absolute Gasteiger partial charge is 0.133 e. The zero-order valence-electron chi connectivity index (χ0n) is 11.9. The fourth-order valence-corrected chi connectivity index (χ4v) is 2.71. The van der Waals surface area contributed by atoms with Crippen molar-refractivity contribution in [1.82, 2.24) is 5.32 Å². The van der Waals surface area contributed by atoms with E-state index in [1.165, 1.54) is 11.1 Å². The lowest BCUT2D eigenvalue weighted by Crippen LogP contribution is -2.21. The molecule has 0 aliphatic heterocycles. The van der Waals surface area contributed by atoms with Crippen molar-refractivity contribution >= 4 is 15.9 Å². The van der Waals surface area contributed by atoms with Crippen LogP contribution in [-0.4, -0.2) is 13.7 Å². The van der Waals surface area contributed by atoms with E-state index in [0.29, 0.717) is 6.04 Å². The maximum Gasteiger partial charge on any atom is 0.133 e. The maximum absolute atomic E-state index is 5.25. The molecule has 0 amide bonds. The predicted molar refractivity (Wildman–Crippen MR) is 87.3 cm³/mol. The molecule has 3 heteroatoms. The van der Waals surface area contributed by atoms with Crippen molar-refractivity contribution in [1.29, 1.82) is 0 Å². The standard InChI is InChI=1S/C17H20BrNO/c1-13(15-8-9-17(20-2)16(18)12-15)19-11-10-14-6-4-3-5-7-14/h3-9,12-13,19H,10-11H2,1-2H3. The summed E-state index contributed by atoms with van der Waals surface area (Å²) in [4.78, 5) is 0. The summed E-state index contributed by atoms with van der Waals surface area (Å²) in [6.45, 7) is 3.15. The molecule has 106 valence electrons. The van der Waals surface area contributed by atoms with Gasteiger partial charge in [-0.05, 0) is 59.1 Å². The number of hydrogen-bond acceptors (Lipinski definition) is 2. The number of nitrogens with one attached hydrogen (secondary N) is 1. The van der Waals surface area contributed by atoms with Crippen LogP contribution in [0.25, 0.3) is 0 Å². The van der Waals surface area contributed by atoms with Gasteiger partial charge in [-0.15, -0.1) is 0 Å². The molecule has 0 saturated carbocycles. The molecule has 2 nitrogen and oxygen atoms in total. The fourth-order valence-electron chi connectivity index (χ4n) is 2.15. The third kappa shape index (κ3) is 4.09. The van der Waals surface area contributed by atoms with Gasteiger partial charge in [0.2, 0.25) is 0 Å². The zero-order valence-corrected chi connectivity index (χ0v) is 13.5. The summed E-state index contributed by atoms with van der Waals surface area (Å²) >= 11 is 3.53. The number of benzene rings is 2. The van der Waals surface area contributed by atoms with E-state index in [1.54, 1.807) is 7.11 Å². The normalized spacial score (nSPS) is 12.2. The maximum atomic E-state index is 5.25. The first kappa shape index (κ1) is 15.1. The van der Waals surface area contributed by atoms with Gasteiger partial charge in [-0.2, -0.15) is 0 Å². The highest BCUT2D eigenvalue weighted by atomic mass is 79.9. The Morgan fingerprint density at radius 3 is 2.55 bits per heavy atom. The summed E-state index contributed by atoms with van der Waals surface area (Å²) < 4.78 is 6.25. The van der Waals surface area contributed by atoms with Crippen molar-refractivity contribution in [2.24, 2.45) is 0 Å². The van der Waals surface area contributed by atoms with Gasteiger partial charge >= 0.3 is 0 Å². The Balaban J connectivity index is 1.88. The summed E-state index contributed by atoms with van der Waals surface area (Å²) in [5, 5.41) is 3.55. The number of methoxy groups -OCH3 is 1. The third-order valence-electron chi connectivity index (χ3n) is 3.38. The van der Waals surface area contributed by atoms with Crippen molar-refractivity contribution in [3.8, 4) is 5.75 Å². The van der Waals surface area contributed by atoms with Gasteiger partial charge in [0.25, 0.3) is 0 Å². The second kappa shape index (κ2) is 7.46. The van der Waals surface area contributed by atoms with E-state index in [2.05, 4.69) is 70.6 Å². The number of halogens is 1. The minimum atomic E-state index is 0.320. The number of rotatable bonds is 6. The molecule has 0 aromatic heterocycles. The Labute approximate surface area is 129 Å². The molecular formula is C17H20BrNO. The quantitative estimate of drug-likeness (QED) is 0.848. The van der Waals surface area contributed by atoms with Crippen LogP contribution in [0.3, 0.4) is 0 Å². The van der Waals surface area contributed by atoms with Gasteiger partial charge in [-0.3, -0.25) is 0 Å². The van der Waals surface area contributed by atoms with Crippen LogP contribution in [0.2, 0.25) is 0 Å². The van der Waals surface area contributed by atoms with Crippen LogP contribution in [0.1, 0.15) is 24.1 Å². The highest BCUT2D eigenvalue weighted by Crippen LogP contribution is 2.27. The Morgan fingerprint density at radius 2 is 1.90 bits per heavy atom. The van der Waals surface area contributed by atoms with Crippen molar-refractivity contribution in [2.45, 2.75) is 19.4 Å². The van der Waals surface area contributed by atoms with Crippen LogP contribution in [0.4, 0.5) is 0 Å². The molecule has 0 fully saturated rings. The first-order valence-corrected chi connectivity index (χ1v) is 7.60. The first-order valence-electron chi connectivity index (χ1n) is 6.81. The third-order valence-corrected chi connectivity index (χ3v) is 4.00. The van der Waals surface area contributed by atoms with Crippen molar-refractivity contribution in [2.75, 3.05) is 13.7 Å². The van der Waals surface area contributed by atoms with Gasteiger partial charge in [-0.25, -0.2) is 0 Å². The molecule has 0 saturated heterocycles. The van der Waals surface area contributed by atoms with Crippen molar-refractivity contribution in [3.05, 3.63) is 64.1 Å². The molecule has 0 aliphatic rings. The molecule has 2 rings (SSSR count). The van der Waals surface area contributed by atoms with Gasteiger partial charge < -0.3 is 10.1 Å². The summed E-state index contributed by atoms with van der Waals surface area (Å²) in [6, 6.07) is 17.1. The Bertz CT molecular complexity index is 542. The lowest BCUT2D eigenvalue weighted by Gasteiger charge is -2.15. The molecule has 0 radical (unpaired) electrons. The fraction of sp³-hybridized carbons (Fsp3) is 0.294. The molecule has 2 aromatic rings. The molecule has 20 heavy (non-hydrogen) atoms. The van der Waals surface area contributed by atoms with Crippen LogP contribution in [0.5, 0.6) is 5.75 Å². The second-order valence-corrected chi connectivity index (χ2v) is 5.66. The lowest BCUT2D eigenvalue weighted by atomic mass is 10.1. The van der Waals surface area contributed by atoms with Gasteiger partial charge in [0, 0.05) is 6.04 Å². The molecule has 2 aromatic carbocycles. The van der Waals surface area contributed by atoms with Gasteiger partial charge in [0.05, 0.1) is 11.6 Å². The Hall–Kier alpha value is -1.32. The molecule has 0 spiro atoms. The highest BCUT2D eigenvalue weighted by molar-refractivity contribution is 9.10. The Kier molecular flexibility index (Phi) is 5.62. The summed E-state index contributed by atoms with van der Waals surface area (Å²) in [6.07, 6.45) is 1.04. The topological polar surface area (TPSA) is 21.3 Å². The summed E-state index contributed by atoms with van der Waals surface area (Å²) in [5.74, 6) is 0.866. The average Bonchev–Trinajstić information content (AvgIpc) is 2.48. The van der Waals surface area contributed by atoms with E-state index < -0.39 is 0 Å². The minimum Gasteiger partial charge on any atom is -0.496 e. The van der Waals surface area contributed by atoms with Crippen molar-refractivity contribution in [3.63, 3.8) is 0 Å². The van der Waals surface area contributed by atoms with Gasteiger partial charge in [0.15, 0.2) is 0 Å². The second-order valence-electron chi connectivity index (χ2n) is 4.81. The zero-order chi connectivity index (χ0) is 14.4. The van der Waals surface area contributed by atoms with Gasteiger partial charge in [0.1, 0.15) is 5.75 Å². The van der Waals surface area contributed by atoms with E-state index >= 15 is 0 Å². The van der Waals surface area contributed by atoms with Crippen LogP contribution in [0, 0.1) is 0 Å². The molecule has 1 atom stereocenters. The molecule has 0 aliphatic carbocycles. The number of hydrogen-bond donors (Lipinski definition) is 1. The minimum absolute atomic E-state index is 0.320.